The lowest BCUT2D eigenvalue weighted by Gasteiger charge is -2.28. The number of fused-ring (bicyclic) bond motifs is 1. The van der Waals surface area contributed by atoms with Crippen LogP contribution in [0.4, 0.5) is 0 Å². The van der Waals surface area contributed by atoms with Crippen molar-refractivity contribution in [2.45, 2.75) is 31.6 Å². The molecule has 4 rings (SSSR count). The van der Waals surface area contributed by atoms with Gasteiger partial charge in [-0.25, -0.2) is 0 Å². The number of benzene rings is 1. The highest BCUT2D eigenvalue weighted by Gasteiger charge is 2.31. The smallest absolute Gasteiger partial charge is 0.229 e. The van der Waals surface area contributed by atoms with Gasteiger partial charge in [-0.15, -0.1) is 0 Å². The normalized spacial score (nSPS) is 18.8. The number of hydrogen-bond donors (Lipinski definition) is 0. The summed E-state index contributed by atoms with van der Waals surface area (Å²) in [6.07, 6.45) is 3.52. The van der Waals surface area contributed by atoms with Gasteiger partial charge in [0.15, 0.2) is 17.3 Å². The third-order valence-electron chi connectivity index (χ3n) is 4.98. The molecule has 0 N–H and O–H groups in total. The molecule has 2 aliphatic rings. The summed E-state index contributed by atoms with van der Waals surface area (Å²) in [5, 5.41) is 4.01. The van der Waals surface area contributed by atoms with Gasteiger partial charge in [-0.1, -0.05) is 17.3 Å². The highest BCUT2D eigenvalue weighted by Crippen LogP contribution is 2.39. The summed E-state index contributed by atoms with van der Waals surface area (Å²) in [4.78, 5) is 18.9. The molecule has 1 saturated carbocycles. The van der Waals surface area contributed by atoms with Crippen LogP contribution in [-0.4, -0.2) is 48.3 Å². The van der Waals surface area contributed by atoms with Gasteiger partial charge in [0.25, 0.3) is 0 Å². The molecule has 138 valence electrons. The molecule has 0 saturated heterocycles. The molecular formula is C19H23N3O4. The maximum atomic E-state index is 12.8. The van der Waals surface area contributed by atoms with Gasteiger partial charge in [0.05, 0.1) is 13.0 Å². The number of aromatic nitrogens is 2. The van der Waals surface area contributed by atoms with E-state index in [4.69, 9.17) is 14.0 Å². The minimum absolute atomic E-state index is 0.0735. The topological polar surface area (TPSA) is 77.7 Å². The molecule has 1 aromatic heterocycles. The molecule has 1 aromatic carbocycles. The van der Waals surface area contributed by atoms with Crippen molar-refractivity contribution in [2.24, 2.45) is 5.92 Å². The number of likely N-dealkylation sites (N-methyl/N-ethyl adjacent to an activating group) is 1. The number of carbonyl (C=O) groups excluding carboxylic acids is 1. The lowest BCUT2D eigenvalue weighted by atomic mass is 9.95. The second kappa shape index (κ2) is 6.97. The number of ether oxygens (including phenoxy) is 2. The maximum absolute atomic E-state index is 12.8. The molecule has 1 aliphatic carbocycles. The van der Waals surface area contributed by atoms with E-state index in [1.54, 1.807) is 12.0 Å². The van der Waals surface area contributed by atoms with Gasteiger partial charge in [0.2, 0.25) is 11.8 Å². The summed E-state index contributed by atoms with van der Waals surface area (Å²) in [7, 11) is 3.43. The van der Waals surface area contributed by atoms with E-state index in [1.165, 1.54) is 0 Å². The van der Waals surface area contributed by atoms with Crippen molar-refractivity contribution >= 4 is 5.91 Å². The van der Waals surface area contributed by atoms with Gasteiger partial charge >= 0.3 is 0 Å². The molecule has 1 atom stereocenters. The Bertz CT molecular complexity index is 800. The van der Waals surface area contributed by atoms with Crippen LogP contribution >= 0.6 is 0 Å². The first-order valence-electron chi connectivity index (χ1n) is 9.02. The summed E-state index contributed by atoms with van der Waals surface area (Å²) in [5.41, 5.74) is 1.01. The van der Waals surface area contributed by atoms with Crippen LogP contribution in [0.2, 0.25) is 0 Å². The SMILES string of the molecule is COc1cccc2c1OCC(C(=O)N(C)CCc1noc(C3CC3)n1)C2. The molecule has 0 radical (unpaired) electrons. The fourth-order valence-corrected chi connectivity index (χ4v) is 3.27. The Morgan fingerprint density at radius 3 is 3.00 bits per heavy atom. The minimum atomic E-state index is -0.188. The Kier molecular flexibility index (Phi) is 4.53. The van der Waals surface area contributed by atoms with Crippen molar-refractivity contribution in [3.05, 3.63) is 35.5 Å². The molecule has 2 heterocycles. The van der Waals surface area contributed by atoms with E-state index in [1.807, 2.05) is 25.2 Å². The first-order valence-corrected chi connectivity index (χ1v) is 9.02. The average Bonchev–Trinajstić information content (AvgIpc) is 3.42. The highest BCUT2D eigenvalue weighted by molar-refractivity contribution is 5.79. The van der Waals surface area contributed by atoms with Crippen LogP contribution in [0.25, 0.3) is 0 Å². The number of nitrogens with zero attached hydrogens (tertiary/aromatic N) is 3. The monoisotopic (exact) mass is 357 g/mol. The Labute approximate surface area is 152 Å². The highest BCUT2D eigenvalue weighted by atomic mass is 16.5. The number of rotatable bonds is 6. The molecule has 0 spiro atoms. The number of carbonyl (C=O) groups is 1. The van der Waals surface area contributed by atoms with Crippen LogP contribution in [0.15, 0.2) is 22.7 Å². The van der Waals surface area contributed by atoms with Crippen LogP contribution in [0.1, 0.15) is 36.0 Å². The fraction of sp³-hybridized carbons (Fsp3) is 0.526. The molecule has 1 amide bonds. The second-order valence-electron chi connectivity index (χ2n) is 6.99. The average molecular weight is 357 g/mol. The molecule has 1 unspecified atom stereocenters. The van der Waals surface area contributed by atoms with Crippen molar-refractivity contribution < 1.29 is 18.8 Å². The van der Waals surface area contributed by atoms with Crippen LogP contribution in [-0.2, 0) is 17.6 Å². The Hall–Kier alpha value is -2.57. The van der Waals surface area contributed by atoms with Crippen molar-refractivity contribution in [3.63, 3.8) is 0 Å². The molecule has 7 nitrogen and oxygen atoms in total. The van der Waals surface area contributed by atoms with Gasteiger partial charge in [0.1, 0.15) is 6.61 Å². The van der Waals surface area contributed by atoms with Crippen molar-refractivity contribution in [3.8, 4) is 11.5 Å². The zero-order valence-corrected chi connectivity index (χ0v) is 15.1. The predicted octanol–water partition coefficient (Wildman–Crippen LogP) is 2.21. The second-order valence-corrected chi connectivity index (χ2v) is 6.99. The molecule has 1 aliphatic heterocycles. The van der Waals surface area contributed by atoms with E-state index >= 15 is 0 Å². The standard InChI is InChI=1S/C19H23N3O4/c1-22(9-8-16-20-18(26-21-16)12-6-7-12)19(23)14-10-13-4-3-5-15(24-2)17(13)25-11-14/h3-5,12,14H,6-11H2,1-2H3. The summed E-state index contributed by atoms with van der Waals surface area (Å²) < 4.78 is 16.4. The van der Waals surface area contributed by atoms with E-state index in [-0.39, 0.29) is 11.8 Å². The molecule has 1 fully saturated rings. The number of methoxy groups -OCH3 is 1. The summed E-state index contributed by atoms with van der Waals surface area (Å²) in [6.45, 7) is 0.925. The lowest BCUT2D eigenvalue weighted by molar-refractivity contribution is -0.135. The van der Waals surface area contributed by atoms with Crippen molar-refractivity contribution in [1.82, 2.24) is 15.0 Å². The van der Waals surface area contributed by atoms with Gasteiger partial charge < -0.3 is 18.9 Å². The maximum Gasteiger partial charge on any atom is 0.229 e. The van der Waals surface area contributed by atoms with Gasteiger partial charge in [-0.05, 0) is 30.9 Å². The van der Waals surface area contributed by atoms with Gasteiger partial charge in [0, 0.05) is 25.9 Å². The molecule has 7 heteroatoms. The number of amides is 1. The third kappa shape index (κ3) is 3.38. The predicted molar refractivity (Wildman–Crippen MR) is 93.3 cm³/mol. The van der Waals surface area contributed by atoms with Gasteiger partial charge in [-0.2, -0.15) is 4.98 Å². The quantitative estimate of drug-likeness (QED) is 0.789. The van der Waals surface area contributed by atoms with Crippen LogP contribution in [0, 0.1) is 5.92 Å². The zero-order chi connectivity index (χ0) is 18.1. The Morgan fingerprint density at radius 2 is 2.23 bits per heavy atom. The Morgan fingerprint density at radius 1 is 1.38 bits per heavy atom. The van der Waals surface area contributed by atoms with Gasteiger partial charge in [-0.3, -0.25) is 4.79 Å². The third-order valence-corrected chi connectivity index (χ3v) is 4.98. The van der Waals surface area contributed by atoms with Crippen LogP contribution in [0.3, 0.4) is 0 Å². The van der Waals surface area contributed by atoms with Crippen LogP contribution < -0.4 is 9.47 Å². The summed E-state index contributed by atoms with van der Waals surface area (Å²) >= 11 is 0. The zero-order valence-electron chi connectivity index (χ0n) is 15.1. The minimum Gasteiger partial charge on any atom is -0.493 e. The molecule has 0 bridgehead atoms. The number of para-hydroxylation sites is 1. The van der Waals surface area contributed by atoms with Crippen molar-refractivity contribution in [2.75, 3.05) is 27.3 Å². The largest absolute Gasteiger partial charge is 0.493 e. The van der Waals surface area contributed by atoms with Crippen molar-refractivity contribution in [1.29, 1.82) is 0 Å². The van der Waals surface area contributed by atoms with E-state index in [2.05, 4.69) is 10.1 Å². The molecular weight excluding hydrogens is 334 g/mol. The summed E-state index contributed by atoms with van der Waals surface area (Å²) in [5.74, 6) is 3.21. The van der Waals surface area contributed by atoms with E-state index in [9.17, 15) is 4.79 Å². The first-order chi connectivity index (χ1) is 12.7. The Balaban J connectivity index is 1.34. The summed E-state index contributed by atoms with van der Waals surface area (Å²) in [6, 6.07) is 5.77. The fourth-order valence-electron chi connectivity index (χ4n) is 3.27. The van der Waals surface area contributed by atoms with E-state index < -0.39 is 0 Å². The molecule has 2 aromatic rings. The van der Waals surface area contributed by atoms with Crippen LogP contribution in [0.5, 0.6) is 11.5 Å². The number of hydrogen-bond acceptors (Lipinski definition) is 6. The first kappa shape index (κ1) is 16.9. The van der Waals surface area contributed by atoms with E-state index in [0.29, 0.717) is 43.5 Å². The van der Waals surface area contributed by atoms with E-state index in [0.717, 1.165) is 30.0 Å². The lowest BCUT2D eigenvalue weighted by Crippen LogP contribution is -2.39. The molecule has 26 heavy (non-hydrogen) atoms.